The van der Waals surface area contributed by atoms with Gasteiger partial charge in [-0.3, -0.25) is 10.1 Å². The summed E-state index contributed by atoms with van der Waals surface area (Å²) >= 11 is 1.01. The summed E-state index contributed by atoms with van der Waals surface area (Å²) in [5, 5.41) is 28.4. The second kappa shape index (κ2) is 6.48. The van der Waals surface area contributed by atoms with Crippen LogP contribution >= 0.6 is 11.8 Å². The van der Waals surface area contributed by atoms with Crippen molar-refractivity contribution < 1.29 is 24.3 Å². The van der Waals surface area contributed by atoms with Crippen LogP contribution in [0.15, 0.2) is 17.0 Å². The van der Waals surface area contributed by atoms with Crippen molar-refractivity contribution in [3.05, 3.63) is 33.6 Å². The molecule has 0 aliphatic rings. The molecular weight excluding hydrogens is 277 g/mol. The highest BCUT2D eigenvalue weighted by Crippen LogP contribution is 2.32. The molecule has 0 aliphatic carbocycles. The van der Waals surface area contributed by atoms with E-state index in [1.165, 1.54) is 0 Å². The number of aliphatic hydroxyl groups excluding tert-OH is 1. The standard InChI is InChI=1S/C11H12FNO5S/c1-6(4-14)5-19-10-3-8(12)7(11(15)16)2-9(10)13(17)18/h2-3,6,14H,4-5H2,1H3,(H,15,16). The Kier molecular flexibility index (Phi) is 5.25. The van der Waals surface area contributed by atoms with Gasteiger partial charge in [0, 0.05) is 18.4 Å². The zero-order chi connectivity index (χ0) is 14.6. The van der Waals surface area contributed by atoms with Gasteiger partial charge in [-0.25, -0.2) is 9.18 Å². The molecule has 0 bridgehead atoms. The Hall–Kier alpha value is -1.67. The van der Waals surface area contributed by atoms with E-state index in [-0.39, 0.29) is 17.4 Å². The molecule has 0 heterocycles. The predicted octanol–water partition coefficient (Wildman–Crippen LogP) is 2.15. The number of nitro benzene ring substituents is 1. The fraction of sp³-hybridized carbons (Fsp3) is 0.364. The summed E-state index contributed by atoms with van der Waals surface area (Å²) in [6, 6.07) is 1.56. The number of aliphatic hydroxyl groups is 1. The molecular formula is C11H12FNO5S. The molecule has 6 nitrogen and oxygen atoms in total. The van der Waals surface area contributed by atoms with Crippen molar-refractivity contribution in [2.75, 3.05) is 12.4 Å². The van der Waals surface area contributed by atoms with Crippen LogP contribution in [0.3, 0.4) is 0 Å². The van der Waals surface area contributed by atoms with Crippen LogP contribution in [0.5, 0.6) is 0 Å². The summed E-state index contributed by atoms with van der Waals surface area (Å²) in [5.41, 5.74) is -1.18. The van der Waals surface area contributed by atoms with E-state index in [0.29, 0.717) is 11.8 Å². The molecule has 8 heteroatoms. The molecule has 0 saturated heterocycles. The van der Waals surface area contributed by atoms with Crippen LogP contribution in [-0.4, -0.2) is 33.5 Å². The molecule has 0 saturated carbocycles. The first kappa shape index (κ1) is 15.4. The average molecular weight is 289 g/mol. The van der Waals surface area contributed by atoms with Crippen LogP contribution in [0.2, 0.25) is 0 Å². The SMILES string of the molecule is CC(CO)CSc1cc(F)c(C(=O)O)cc1[N+](=O)[O-]. The first-order chi connectivity index (χ1) is 8.86. The Bertz CT molecular complexity index is 508. The molecule has 0 fully saturated rings. The Labute approximate surface area is 112 Å². The van der Waals surface area contributed by atoms with Crippen LogP contribution in [0.25, 0.3) is 0 Å². The Morgan fingerprint density at radius 3 is 2.68 bits per heavy atom. The van der Waals surface area contributed by atoms with Gasteiger partial charge in [0.1, 0.15) is 11.4 Å². The van der Waals surface area contributed by atoms with Crippen molar-refractivity contribution in [3.8, 4) is 0 Å². The van der Waals surface area contributed by atoms with E-state index in [1.807, 2.05) is 0 Å². The number of hydrogen-bond donors (Lipinski definition) is 2. The molecule has 0 radical (unpaired) electrons. The summed E-state index contributed by atoms with van der Waals surface area (Å²) in [6.45, 7) is 1.65. The summed E-state index contributed by atoms with van der Waals surface area (Å²) in [7, 11) is 0. The first-order valence-electron chi connectivity index (χ1n) is 5.31. The van der Waals surface area contributed by atoms with Crippen molar-refractivity contribution >= 4 is 23.4 Å². The quantitative estimate of drug-likeness (QED) is 0.473. The molecule has 0 aliphatic heterocycles. The van der Waals surface area contributed by atoms with Gasteiger partial charge in [-0.15, -0.1) is 11.8 Å². The third-order valence-corrected chi connectivity index (χ3v) is 3.68. The minimum Gasteiger partial charge on any atom is -0.478 e. The van der Waals surface area contributed by atoms with Crippen LogP contribution in [0, 0.1) is 21.8 Å². The van der Waals surface area contributed by atoms with Gasteiger partial charge in [0.05, 0.1) is 9.82 Å². The van der Waals surface area contributed by atoms with Crippen molar-refractivity contribution in [3.63, 3.8) is 0 Å². The number of aromatic carboxylic acids is 1. The molecule has 0 spiro atoms. The second-order valence-electron chi connectivity index (χ2n) is 3.96. The molecule has 19 heavy (non-hydrogen) atoms. The fourth-order valence-electron chi connectivity index (χ4n) is 1.25. The van der Waals surface area contributed by atoms with Gasteiger partial charge in [-0.2, -0.15) is 0 Å². The van der Waals surface area contributed by atoms with Gasteiger partial charge >= 0.3 is 5.97 Å². The van der Waals surface area contributed by atoms with Gasteiger partial charge in [0.2, 0.25) is 0 Å². The Morgan fingerprint density at radius 2 is 2.21 bits per heavy atom. The minimum absolute atomic E-state index is 0.0489. The van der Waals surface area contributed by atoms with Crippen LogP contribution in [0.1, 0.15) is 17.3 Å². The number of carbonyl (C=O) groups is 1. The molecule has 0 aromatic heterocycles. The molecule has 1 rings (SSSR count). The zero-order valence-electron chi connectivity index (χ0n) is 10.00. The highest BCUT2D eigenvalue weighted by Gasteiger charge is 2.22. The third kappa shape index (κ3) is 3.90. The normalized spacial score (nSPS) is 12.2. The number of nitrogens with zero attached hydrogens (tertiary/aromatic N) is 1. The van der Waals surface area contributed by atoms with E-state index in [4.69, 9.17) is 10.2 Å². The largest absolute Gasteiger partial charge is 0.478 e. The lowest BCUT2D eigenvalue weighted by Crippen LogP contribution is -2.06. The molecule has 1 atom stereocenters. The Morgan fingerprint density at radius 1 is 1.58 bits per heavy atom. The van der Waals surface area contributed by atoms with E-state index in [1.54, 1.807) is 6.92 Å². The van der Waals surface area contributed by atoms with Gasteiger partial charge in [-0.05, 0) is 12.0 Å². The highest BCUT2D eigenvalue weighted by molar-refractivity contribution is 7.99. The van der Waals surface area contributed by atoms with Crippen molar-refractivity contribution in [1.82, 2.24) is 0 Å². The monoisotopic (exact) mass is 289 g/mol. The number of thioether (sulfide) groups is 1. The van der Waals surface area contributed by atoms with Crippen molar-refractivity contribution in [2.45, 2.75) is 11.8 Å². The number of rotatable bonds is 6. The second-order valence-corrected chi connectivity index (χ2v) is 5.02. The maximum atomic E-state index is 13.5. The van der Waals surface area contributed by atoms with E-state index >= 15 is 0 Å². The predicted molar refractivity (Wildman–Crippen MR) is 67.0 cm³/mol. The zero-order valence-corrected chi connectivity index (χ0v) is 10.8. The lowest BCUT2D eigenvalue weighted by Gasteiger charge is -2.08. The maximum absolute atomic E-state index is 13.5. The fourth-order valence-corrected chi connectivity index (χ4v) is 2.29. The molecule has 1 aromatic rings. The summed E-state index contributed by atoms with van der Waals surface area (Å²) in [5.74, 6) is -2.31. The van der Waals surface area contributed by atoms with Gasteiger partial charge in [-0.1, -0.05) is 6.92 Å². The van der Waals surface area contributed by atoms with Crippen LogP contribution < -0.4 is 0 Å². The molecule has 1 aromatic carbocycles. The third-order valence-electron chi connectivity index (χ3n) is 2.31. The van der Waals surface area contributed by atoms with E-state index in [0.717, 1.165) is 17.8 Å². The van der Waals surface area contributed by atoms with E-state index in [9.17, 15) is 19.3 Å². The molecule has 0 amide bonds. The van der Waals surface area contributed by atoms with Gasteiger partial charge in [0.25, 0.3) is 5.69 Å². The first-order valence-corrected chi connectivity index (χ1v) is 6.30. The number of halogens is 1. The number of carboxylic acid groups (broad SMARTS) is 1. The minimum atomic E-state index is -1.55. The summed E-state index contributed by atoms with van der Waals surface area (Å²) < 4.78 is 13.5. The molecule has 104 valence electrons. The number of carboxylic acids is 1. The summed E-state index contributed by atoms with van der Waals surface area (Å²) in [6.07, 6.45) is 0. The topological polar surface area (TPSA) is 101 Å². The maximum Gasteiger partial charge on any atom is 0.338 e. The summed E-state index contributed by atoms with van der Waals surface area (Å²) in [4.78, 5) is 20.9. The van der Waals surface area contributed by atoms with Crippen LogP contribution in [-0.2, 0) is 0 Å². The molecule has 1 unspecified atom stereocenters. The number of benzene rings is 1. The Balaban J connectivity index is 3.12. The smallest absolute Gasteiger partial charge is 0.338 e. The van der Waals surface area contributed by atoms with Gasteiger partial charge < -0.3 is 10.2 Å². The lowest BCUT2D eigenvalue weighted by atomic mass is 10.2. The average Bonchev–Trinajstić information content (AvgIpc) is 2.34. The number of nitro groups is 1. The van der Waals surface area contributed by atoms with E-state index in [2.05, 4.69) is 0 Å². The molecule has 2 N–H and O–H groups in total. The van der Waals surface area contributed by atoms with Crippen molar-refractivity contribution in [2.24, 2.45) is 5.92 Å². The lowest BCUT2D eigenvalue weighted by molar-refractivity contribution is -0.387. The van der Waals surface area contributed by atoms with E-state index < -0.39 is 28.0 Å². The number of hydrogen-bond acceptors (Lipinski definition) is 5. The van der Waals surface area contributed by atoms with Crippen molar-refractivity contribution in [1.29, 1.82) is 0 Å². The van der Waals surface area contributed by atoms with Crippen LogP contribution in [0.4, 0.5) is 10.1 Å². The van der Waals surface area contributed by atoms with Gasteiger partial charge in [0.15, 0.2) is 0 Å². The highest BCUT2D eigenvalue weighted by atomic mass is 32.2.